The van der Waals surface area contributed by atoms with Crippen LogP contribution in [-0.2, 0) is 7.05 Å². The Hall–Kier alpha value is -1.69. The first kappa shape index (κ1) is 12.8. The maximum atomic E-state index is 13.0. The fourth-order valence-electron chi connectivity index (χ4n) is 1.38. The fraction of sp³-hybridized carbons (Fsp3) is 0.167. The highest BCUT2D eigenvalue weighted by Gasteiger charge is 2.10. The van der Waals surface area contributed by atoms with E-state index in [1.165, 1.54) is 17.8 Å². The summed E-state index contributed by atoms with van der Waals surface area (Å²) in [5.41, 5.74) is 0.172. The van der Waals surface area contributed by atoms with Crippen LogP contribution in [-0.4, -0.2) is 21.3 Å². The van der Waals surface area contributed by atoms with Gasteiger partial charge >= 0.3 is 0 Å². The standard InChI is InChI=1S/C12H10F2N2OS/c1-16-6-9(5-15-16)18-7-12(17)8-2-3-10(13)11(14)4-8/h2-6H,7H2,1H3. The van der Waals surface area contributed by atoms with E-state index in [4.69, 9.17) is 0 Å². The minimum atomic E-state index is -1.01. The second-order valence-corrected chi connectivity index (χ2v) is 4.74. The molecule has 1 aromatic heterocycles. The van der Waals surface area contributed by atoms with E-state index in [2.05, 4.69) is 5.10 Å². The van der Waals surface area contributed by atoms with Crippen LogP contribution >= 0.6 is 11.8 Å². The summed E-state index contributed by atoms with van der Waals surface area (Å²) in [7, 11) is 1.78. The molecule has 1 aromatic carbocycles. The number of thioether (sulfide) groups is 1. The molecule has 2 aromatic rings. The number of carbonyl (C=O) groups is 1. The van der Waals surface area contributed by atoms with E-state index in [1.807, 2.05) is 0 Å². The molecule has 0 aliphatic heterocycles. The first-order valence-electron chi connectivity index (χ1n) is 5.16. The summed E-state index contributed by atoms with van der Waals surface area (Å²) in [4.78, 5) is 12.6. The second-order valence-electron chi connectivity index (χ2n) is 3.69. The molecule has 0 aliphatic rings. The lowest BCUT2D eigenvalue weighted by Gasteiger charge is -2.00. The molecule has 0 aliphatic carbocycles. The number of Topliss-reactive ketones (excluding diaryl/α,β-unsaturated/α-hetero) is 1. The molecule has 1 heterocycles. The van der Waals surface area contributed by atoms with Crippen molar-refractivity contribution >= 4 is 17.5 Å². The molecule has 0 spiro atoms. The van der Waals surface area contributed by atoms with Crippen molar-refractivity contribution in [1.82, 2.24) is 9.78 Å². The van der Waals surface area contributed by atoms with Gasteiger partial charge in [-0.05, 0) is 18.2 Å². The van der Waals surface area contributed by atoms with Crippen LogP contribution in [0.25, 0.3) is 0 Å². The Morgan fingerprint density at radius 1 is 1.39 bits per heavy atom. The van der Waals surface area contributed by atoms with Gasteiger partial charge < -0.3 is 0 Å². The number of ketones is 1. The zero-order chi connectivity index (χ0) is 13.1. The third-order valence-electron chi connectivity index (χ3n) is 2.29. The average Bonchev–Trinajstić information content (AvgIpc) is 2.75. The molecular weight excluding hydrogens is 258 g/mol. The number of benzene rings is 1. The van der Waals surface area contributed by atoms with Gasteiger partial charge in [0, 0.05) is 23.7 Å². The van der Waals surface area contributed by atoms with Gasteiger partial charge in [-0.1, -0.05) is 0 Å². The Kier molecular flexibility index (Phi) is 3.76. The van der Waals surface area contributed by atoms with E-state index in [-0.39, 0.29) is 17.1 Å². The smallest absolute Gasteiger partial charge is 0.173 e. The maximum Gasteiger partial charge on any atom is 0.173 e. The number of aryl methyl sites for hydroxylation is 1. The van der Waals surface area contributed by atoms with Crippen LogP contribution in [0.15, 0.2) is 35.5 Å². The minimum Gasteiger partial charge on any atom is -0.293 e. The first-order chi connectivity index (χ1) is 8.56. The summed E-state index contributed by atoms with van der Waals surface area (Å²) in [6.45, 7) is 0. The zero-order valence-electron chi connectivity index (χ0n) is 9.56. The molecule has 0 radical (unpaired) electrons. The van der Waals surface area contributed by atoms with Crippen LogP contribution < -0.4 is 0 Å². The maximum absolute atomic E-state index is 13.0. The molecule has 0 fully saturated rings. The van der Waals surface area contributed by atoms with Crippen molar-refractivity contribution in [2.75, 3.05) is 5.75 Å². The van der Waals surface area contributed by atoms with Crippen molar-refractivity contribution in [2.45, 2.75) is 4.90 Å². The highest BCUT2D eigenvalue weighted by atomic mass is 32.2. The van der Waals surface area contributed by atoms with Gasteiger partial charge in [-0.25, -0.2) is 8.78 Å². The monoisotopic (exact) mass is 268 g/mol. The van der Waals surface area contributed by atoms with Crippen LogP contribution in [0.1, 0.15) is 10.4 Å². The van der Waals surface area contributed by atoms with Crippen LogP contribution in [0, 0.1) is 11.6 Å². The molecule has 94 valence electrons. The topological polar surface area (TPSA) is 34.9 Å². The third kappa shape index (κ3) is 2.95. The number of rotatable bonds is 4. The summed E-state index contributed by atoms with van der Waals surface area (Å²) < 4.78 is 27.3. The Morgan fingerprint density at radius 2 is 2.17 bits per heavy atom. The molecule has 18 heavy (non-hydrogen) atoms. The van der Waals surface area contributed by atoms with Crippen molar-refractivity contribution in [2.24, 2.45) is 7.05 Å². The molecule has 3 nitrogen and oxygen atoms in total. The summed E-state index contributed by atoms with van der Waals surface area (Å²) in [5.74, 6) is -2.04. The van der Waals surface area contributed by atoms with E-state index in [0.717, 1.165) is 17.0 Å². The zero-order valence-corrected chi connectivity index (χ0v) is 10.4. The Bertz CT molecular complexity index is 583. The predicted octanol–water partition coefficient (Wildman–Crippen LogP) is 2.67. The largest absolute Gasteiger partial charge is 0.293 e. The first-order valence-corrected chi connectivity index (χ1v) is 6.14. The number of halogens is 2. The van der Waals surface area contributed by atoms with E-state index in [9.17, 15) is 13.6 Å². The lowest BCUT2D eigenvalue weighted by Crippen LogP contribution is -2.03. The molecule has 0 bridgehead atoms. The van der Waals surface area contributed by atoms with Gasteiger partial charge in [0.05, 0.1) is 11.9 Å². The lowest BCUT2D eigenvalue weighted by atomic mass is 10.1. The molecule has 0 saturated carbocycles. The van der Waals surface area contributed by atoms with Crippen LogP contribution in [0.5, 0.6) is 0 Å². The SMILES string of the molecule is Cn1cc(SCC(=O)c2ccc(F)c(F)c2)cn1. The van der Waals surface area contributed by atoms with Crippen molar-refractivity contribution < 1.29 is 13.6 Å². The van der Waals surface area contributed by atoms with Crippen molar-refractivity contribution in [3.05, 3.63) is 47.8 Å². The fourth-order valence-corrected chi connectivity index (χ4v) is 2.19. The van der Waals surface area contributed by atoms with Gasteiger partial charge in [0.1, 0.15) is 0 Å². The van der Waals surface area contributed by atoms with Gasteiger partial charge in [0.25, 0.3) is 0 Å². The van der Waals surface area contributed by atoms with E-state index < -0.39 is 11.6 Å². The number of nitrogens with zero attached hydrogens (tertiary/aromatic N) is 2. The second kappa shape index (κ2) is 5.30. The molecule has 0 unspecified atom stereocenters. The van der Waals surface area contributed by atoms with Gasteiger partial charge in [0.2, 0.25) is 0 Å². The van der Waals surface area contributed by atoms with Crippen molar-refractivity contribution in [3.63, 3.8) is 0 Å². The van der Waals surface area contributed by atoms with Crippen LogP contribution in [0.2, 0.25) is 0 Å². The van der Waals surface area contributed by atoms with E-state index in [0.29, 0.717) is 0 Å². The van der Waals surface area contributed by atoms with E-state index >= 15 is 0 Å². The lowest BCUT2D eigenvalue weighted by molar-refractivity contribution is 0.102. The summed E-state index contributed by atoms with van der Waals surface area (Å²) in [5, 5.41) is 3.97. The van der Waals surface area contributed by atoms with E-state index in [1.54, 1.807) is 24.1 Å². The predicted molar refractivity (Wildman–Crippen MR) is 64.6 cm³/mol. The normalized spacial score (nSPS) is 10.6. The molecule has 0 saturated heterocycles. The quantitative estimate of drug-likeness (QED) is 0.631. The Morgan fingerprint density at radius 3 is 2.78 bits per heavy atom. The summed E-state index contributed by atoms with van der Waals surface area (Å²) >= 11 is 1.31. The summed E-state index contributed by atoms with van der Waals surface area (Å²) in [6.07, 6.45) is 3.42. The van der Waals surface area contributed by atoms with Crippen molar-refractivity contribution in [3.8, 4) is 0 Å². The Balaban J connectivity index is 2.01. The molecule has 6 heteroatoms. The van der Waals surface area contributed by atoms with Gasteiger partial charge in [-0.15, -0.1) is 11.8 Å². The highest BCUT2D eigenvalue weighted by molar-refractivity contribution is 8.00. The van der Waals surface area contributed by atoms with Crippen LogP contribution in [0.3, 0.4) is 0 Å². The molecule has 0 N–H and O–H groups in total. The van der Waals surface area contributed by atoms with Gasteiger partial charge in [-0.3, -0.25) is 9.48 Å². The molecule has 0 amide bonds. The molecular formula is C12H10F2N2OS. The average molecular weight is 268 g/mol. The Labute approximate surface area is 107 Å². The molecule has 2 rings (SSSR count). The summed E-state index contributed by atoms with van der Waals surface area (Å²) in [6, 6.07) is 3.16. The van der Waals surface area contributed by atoms with Gasteiger partial charge in [0.15, 0.2) is 17.4 Å². The van der Waals surface area contributed by atoms with Crippen molar-refractivity contribution in [1.29, 1.82) is 0 Å². The highest BCUT2D eigenvalue weighted by Crippen LogP contribution is 2.18. The third-order valence-corrected chi connectivity index (χ3v) is 3.24. The minimum absolute atomic E-state index is 0.163. The number of hydrogen-bond donors (Lipinski definition) is 0. The van der Waals surface area contributed by atoms with Crippen LogP contribution in [0.4, 0.5) is 8.78 Å². The number of hydrogen-bond acceptors (Lipinski definition) is 3. The number of carbonyl (C=O) groups excluding carboxylic acids is 1. The molecule has 0 atom stereocenters. The number of aromatic nitrogens is 2. The van der Waals surface area contributed by atoms with Gasteiger partial charge in [-0.2, -0.15) is 5.10 Å².